The lowest BCUT2D eigenvalue weighted by atomic mass is 10.3. The Labute approximate surface area is 71.5 Å². The molecule has 6 heteroatoms. The van der Waals surface area contributed by atoms with E-state index in [0.717, 1.165) is 0 Å². The summed E-state index contributed by atoms with van der Waals surface area (Å²) >= 11 is 0. The van der Waals surface area contributed by atoms with E-state index in [-0.39, 0.29) is 16.9 Å². The van der Waals surface area contributed by atoms with Crippen molar-refractivity contribution in [3.8, 4) is 0 Å². The number of oxime groups is 1. The maximum Gasteiger partial charge on any atom is 0.194 e. The van der Waals surface area contributed by atoms with Crippen molar-refractivity contribution in [1.29, 1.82) is 0 Å². The van der Waals surface area contributed by atoms with Crippen molar-refractivity contribution in [1.82, 2.24) is 0 Å². The van der Waals surface area contributed by atoms with Crippen LogP contribution in [0.15, 0.2) is 5.16 Å². The van der Waals surface area contributed by atoms with E-state index in [1.165, 1.54) is 0 Å². The van der Waals surface area contributed by atoms with Crippen LogP contribution in [0.4, 0.5) is 0 Å². The third-order valence-electron chi connectivity index (χ3n) is 1.71. The van der Waals surface area contributed by atoms with Crippen molar-refractivity contribution in [3.63, 3.8) is 0 Å². The summed E-state index contributed by atoms with van der Waals surface area (Å²) in [5.41, 5.74) is 5.29. The van der Waals surface area contributed by atoms with Gasteiger partial charge < -0.3 is 10.6 Å². The molecule has 0 radical (unpaired) electrons. The third kappa shape index (κ3) is 1.75. The second kappa shape index (κ2) is 3.40. The van der Waals surface area contributed by atoms with Gasteiger partial charge in [0.2, 0.25) is 0 Å². The van der Waals surface area contributed by atoms with Gasteiger partial charge >= 0.3 is 0 Å². The van der Waals surface area contributed by atoms with Crippen molar-refractivity contribution in [2.75, 3.05) is 12.3 Å². The average molecular weight is 192 g/mol. The lowest BCUT2D eigenvalue weighted by Gasteiger charge is -2.01. The molecule has 12 heavy (non-hydrogen) atoms. The summed E-state index contributed by atoms with van der Waals surface area (Å²) in [6, 6.07) is 0. The molecule has 2 N–H and O–H groups in total. The number of nitrogens with zero attached hydrogens (tertiary/aromatic N) is 1. The Morgan fingerprint density at radius 3 is 2.83 bits per heavy atom. The lowest BCUT2D eigenvalue weighted by Crippen LogP contribution is -2.23. The molecule has 0 saturated heterocycles. The van der Waals surface area contributed by atoms with Crippen LogP contribution in [0.3, 0.4) is 0 Å². The van der Waals surface area contributed by atoms with E-state index in [0.29, 0.717) is 13.0 Å². The van der Waals surface area contributed by atoms with Crippen LogP contribution in [-0.2, 0) is 14.7 Å². The molecule has 1 unspecified atom stereocenters. The molecule has 0 bridgehead atoms. The van der Waals surface area contributed by atoms with Crippen molar-refractivity contribution in [2.45, 2.75) is 19.4 Å². The fourth-order valence-electron chi connectivity index (χ4n) is 0.879. The van der Waals surface area contributed by atoms with E-state index in [2.05, 4.69) is 5.16 Å². The van der Waals surface area contributed by atoms with Crippen LogP contribution in [0.25, 0.3) is 0 Å². The molecule has 0 aromatic carbocycles. The van der Waals surface area contributed by atoms with E-state index in [1.54, 1.807) is 6.92 Å². The summed E-state index contributed by atoms with van der Waals surface area (Å²) in [6.07, 6.45) is 0.0495. The zero-order valence-corrected chi connectivity index (χ0v) is 7.67. The molecule has 1 atom stereocenters. The number of sulfone groups is 1. The molecule has 0 saturated carbocycles. The van der Waals surface area contributed by atoms with Gasteiger partial charge in [0.15, 0.2) is 14.9 Å². The van der Waals surface area contributed by atoms with Crippen LogP contribution in [0.1, 0.15) is 13.3 Å². The first-order valence-corrected chi connectivity index (χ1v) is 5.41. The first-order chi connectivity index (χ1) is 5.60. The normalized spacial score (nSPS) is 23.5. The van der Waals surface area contributed by atoms with Crippen molar-refractivity contribution in [2.24, 2.45) is 10.9 Å². The van der Waals surface area contributed by atoms with Crippen molar-refractivity contribution in [3.05, 3.63) is 0 Å². The molecule has 1 heterocycles. The predicted octanol–water partition coefficient (Wildman–Crippen LogP) is -0.518. The van der Waals surface area contributed by atoms with Crippen LogP contribution < -0.4 is 5.73 Å². The summed E-state index contributed by atoms with van der Waals surface area (Å²) in [7, 11) is -3.17. The fourth-order valence-corrected chi connectivity index (χ4v) is 1.81. The first-order valence-electron chi connectivity index (χ1n) is 3.75. The highest BCUT2D eigenvalue weighted by atomic mass is 32.2. The number of nitrogens with two attached hydrogens (primary N) is 1. The lowest BCUT2D eigenvalue weighted by molar-refractivity contribution is 0.0919. The maximum absolute atomic E-state index is 11.2. The summed E-state index contributed by atoms with van der Waals surface area (Å²) in [4.78, 5) is 4.79. The molecule has 0 aliphatic carbocycles. The Bertz CT molecular complexity index is 283. The van der Waals surface area contributed by atoms with Crippen LogP contribution >= 0.6 is 0 Å². The SMILES string of the molecule is CCS(=O)(=O)C1=NOC(CN)C1. The number of hydrogen-bond acceptors (Lipinski definition) is 5. The summed E-state index contributed by atoms with van der Waals surface area (Å²) in [6.45, 7) is 1.87. The van der Waals surface area contributed by atoms with Crippen LogP contribution in [0.5, 0.6) is 0 Å². The molecule has 1 aliphatic rings. The van der Waals surface area contributed by atoms with Gasteiger partial charge in [-0.1, -0.05) is 12.1 Å². The highest BCUT2D eigenvalue weighted by Gasteiger charge is 2.28. The van der Waals surface area contributed by atoms with Crippen LogP contribution in [0.2, 0.25) is 0 Å². The first kappa shape index (κ1) is 9.47. The van der Waals surface area contributed by atoms with Crippen LogP contribution in [-0.4, -0.2) is 31.9 Å². The Kier molecular flexibility index (Phi) is 2.69. The average Bonchev–Trinajstić information content (AvgIpc) is 2.52. The van der Waals surface area contributed by atoms with Gasteiger partial charge in [-0.25, -0.2) is 8.42 Å². The monoisotopic (exact) mass is 192 g/mol. The maximum atomic E-state index is 11.2. The third-order valence-corrected chi connectivity index (χ3v) is 3.43. The van der Waals surface area contributed by atoms with E-state index >= 15 is 0 Å². The molecule has 0 spiro atoms. The molecule has 5 nitrogen and oxygen atoms in total. The van der Waals surface area contributed by atoms with Gasteiger partial charge in [0.05, 0.1) is 5.75 Å². The number of rotatable bonds is 2. The van der Waals surface area contributed by atoms with E-state index in [9.17, 15) is 8.42 Å². The van der Waals surface area contributed by atoms with Gasteiger partial charge in [0.1, 0.15) is 6.10 Å². The highest BCUT2D eigenvalue weighted by molar-refractivity contribution is 8.06. The molecule has 1 aliphatic heterocycles. The van der Waals surface area contributed by atoms with Gasteiger partial charge in [-0.05, 0) is 0 Å². The molecule has 0 fully saturated rings. The summed E-state index contributed by atoms with van der Waals surface area (Å²) in [5.74, 6) is 0.0620. The molecule has 1 rings (SSSR count). The van der Waals surface area contributed by atoms with Gasteiger partial charge in [-0.2, -0.15) is 0 Å². The molecular weight excluding hydrogens is 180 g/mol. The van der Waals surface area contributed by atoms with E-state index in [4.69, 9.17) is 10.6 Å². The van der Waals surface area contributed by atoms with Gasteiger partial charge in [0.25, 0.3) is 0 Å². The Morgan fingerprint density at radius 2 is 2.42 bits per heavy atom. The van der Waals surface area contributed by atoms with E-state index in [1.807, 2.05) is 0 Å². The summed E-state index contributed by atoms with van der Waals surface area (Å²) in [5, 5.41) is 3.60. The number of hydrogen-bond donors (Lipinski definition) is 1. The van der Waals surface area contributed by atoms with E-state index < -0.39 is 9.84 Å². The minimum atomic E-state index is -3.17. The van der Waals surface area contributed by atoms with Crippen molar-refractivity contribution < 1.29 is 13.3 Å². The summed E-state index contributed by atoms with van der Waals surface area (Å²) < 4.78 is 22.4. The molecule has 0 aromatic heterocycles. The second-order valence-corrected chi connectivity index (χ2v) is 4.83. The second-order valence-electron chi connectivity index (χ2n) is 2.56. The largest absolute Gasteiger partial charge is 0.390 e. The Hall–Kier alpha value is -0.620. The standard InChI is InChI=1S/C6H12N2O3S/c1-2-12(9,10)6-3-5(4-7)11-8-6/h5H,2-4,7H2,1H3. The quantitative estimate of drug-likeness (QED) is 0.638. The highest BCUT2D eigenvalue weighted by Crippen LogP contribution is 2.13. The minimum absolute atomic E-state index is 0.0620. The predicted molar refractivity (Wildman–Crippen MR) is 45.4 cm³/mol. The van der Waals surface area contributed by atoms with Crippen molar-refractivity contribution >= 4 is 14.9 Å². The fraction of sp³-hybridized carbons (Fsp3) is 0.833. The molecule has 0 aromatic rings. The van der Waals surface area contributed by atoms with Gasteiger partial charge in [-0.15, -0.1) is 0 Å². The zero-order chi connectivity index (χ0) is 9.19. The Balaban J connectivity index is 2.70. The van der Waals surface area contributed by atoms with Gasteiger partial charge in [-0.3, -0.25) is 0 Å². The van der Waals surface area contributed by atoms with Gasteiger partial charge in [0, 0.05) is 13.0 Å². The smallest absolute Gasteiger partial charge is 0.194 e. The topological polar surface area (TPSA) is 81.8 Å². The Morgan fingerprint density at radius 1 is 1.75 bits per heavy atom. The molecule has 0 amide bonds. The molecular formula is C6H12N2O3S. The minimum Gasteiger partial charge on any atom is -0.390 e. The van der Waals surface area contributed by atoms with Crippen LogP contribution in [0, 0.1) is 0 Å². The molecule has 70 valence electrons. The zero-order valence-electron chi connectivity index (χ0n) is 6.86.